The molecule has 0 unspecified atom stereocenters. The molecule has 0 radical (unpaired) electrons. The highest BCUT2D eigenvalue weighted by Gasteiger charge is 2.08. The zero-order valence-electron chi connectivity index (χ0n) is 11.8. The number of esters is 1. The molecule has 2 aromatic carbocycles. The van der Waals surface area contributed by atoms with E-state index < -0.39 is 11.8 Å². The van der Waals surface area contributed by atoms with Gasteiger partial charge >= 0.3 is 5.97 Å². The van der Waals surface area contributed by atoms with Gasteiger partial charge in [-0.1, -0.05) is 18.7 Å². The van der Waals surface area contributed by atoms with E-state index in [2.05, 4.69) is 6.58 Å². The van der Waals surface area contributed by atoms with Crippen molar-refractivity contribution in [3.05, 3.63) is 60.9 Å². The number of carbonyl (C=O) groups excluding carboxylic acids is 1. The van der Waals surface area contributed by atoms with Crippen LogP contribution in [0, 0.1) is 5.82 Å². The van der Waals surface area contributed by atoms with Gasteiger partial charge in [-0.3, -0.25) is 0 Å². The molecule has 0 saturated carbocycles. The van der Waals surface area contributed by atoms with Gasteiger partial charge in [0.05, 0.1) is 6.61 Å². The van der Waals surface area contributed by atoms with Crippen LogP contribution < -0.4 is 9.47 Å². The Hall–Kier alpha value is -2.66. The van der Waals surface area contributed by atoms with Gasteiger partial charge in [0, 0.05) is 17.7 Å². The van der Waals surface area contributed by atoms with Gasteiger partial charge in [0.2, 0.25) is 0 Å². The van der Waals surface area contributed by atoms with E-state index in [-0.39, 0.29) is 19.0 Å². The Balaban J connectivity index is 2.18. The summed E-state index contributed by atoms with van der Waals surface area (Å²) in [5.41, 5.74) is 1.04. The summed E-state index contributed by atoms with van der Waals surface area (Å²) >= 11 is 0. The summed E-state index contributed by atoms with van der Waals surface area (Å²) in [6, 6.07) is 11.0. The summed E-state index contributed by atoms with van der Waals surface area (Å²) in [6.07, 6.45) is 1.01. The molecule has 0 spiro atoms. The van der Waals surface area contributed by atoms with Gasteiger partial charge in [-0.2, -0.15) is 0 Å². The Morgan fingerprint density at radius 2 is 1.86 bits per heavy atom. The molecular formula is C17H15FO4. The zero-order valence-corrected chi connectivity index (χ0v) is 11.8. The van der Waals surface area contributed by atoms with Crippen molar-refractivity contribution >= 4 is 5.97 Å². The lowest BCUT2D eigenvalue weighted by molar-refractivity contribution is -0.128. The van der Waals surface area contributed by atoms with Crippen LogP contribution in [-0.2, 0) is 4.79 Å². The van der Waals surface area contributed by atoms with Gasteiger partial charge in [-0.15, -0.1) is 0 Å². The van der Waals surface area contributed by atoms with Crippen LogP contribution in [0.3, 0.4) is 0 Å². The molecule has 0 amide bonds. The molecule has 0 saturated heterocycles. The summed E-state index contributed by atoms with van der Waals surface area (Å²) in [7, 11) is 0. The lowest BCUT2D eigenvalue weighted by Crippen LogP contribution is -2.03. The first kappa shape index (κ1) is 15.7. The second-order valence-electron chi connectivity index (χ2n) is 4.36. The molecule has 0 aromatic heterocycles. The van der Waals surface area contributed by atoms with Gasteiger partial charge in [0.25, 0.3) is 0 Å². The maximum absolute atomic E-state index is 14.1. The normalized spacial score (nSPS) is 10.1. The SMILES string of the molecule is C=CC(=O)Oc1ccc(-c2ccc(OCCO)cc2)c(F)c1. The molecule has 2 rings (SSSR count). The molecule has 22 heavy (non-hydrogen) atoms. The molecule has 4 nitrogen and oxygen atoms in total. The molecule has 0 fully saturated rings. The second-order valence-corrected chi connectivity index (χ2v) is 4.36. The number of carbonyl (C=O) groups is 1. The lowest BCUT2D eigenvalue weighted by Gasteiger charge is -2.08. The number of halogens is 1. The fraction of sp³-hybridized carbons (Fsp3) is 0.118. The number of hydrogen-bond acceptors (Lipinski definition) is 4. The minimum absolute atomic E-state index is 0.0682. The average molecular weight is 302 g/mol. The Bertz CT molecular complexity index is 665. The lowest BCUT2D eigenvalue weighted by atomic mass is 10.0. The first-order valence-electron chi connectivity index (χ1n) is 6.62. The van der Waals surface area contributed by atoms with Crippen molar-refractivity contribution in [2.45, 2.75) is 0 Å². The number of benzene rings is 2. The molecular weight excluding hydrogens is 287 g/mol. The van der Waals surface area contributed by atoms with E-state index in [0.717, 1.165) is 12.1 Å². The summed E-state index contributed by atoms with van der Waals surface area (Å²) < 4.78 is 24.2. The Morgan fingerprint density at radius 3 is 2.45 bits per heavy atom. The Morgan fingerprint density at radius 1 is 1.18 bits per heavy atom. The zero-order chi connectivity index (χ0) is 15.9. The predicted molar refractivity (Wildman–Crippen MR) is 80.2 cm³/mol. The third-order valence-electron chi connectivity index (χ3n) is 2.85. The number of ether oxygens (including phenoxy) is 2. The van der Waals surface area contributed by atoms with Gasteiger partial charge in [0.1, 0.15) is 23.9 Å². The molecule has 0 aliphatic heterocycles. The van der Waals surface area contributed by atoms with Crippen LogP contribution >= 0.6 is 0 Å². The topological polar surface area (TPSA) is 55.8 Å². The summed E-state index contributed by atoms with van der Waals surface area (Å²) in [5, 5.41) is 8.69. The van der Waals surface area contributed by atoms with Gasteiger partial charge in [-0.25, -0.2) is 9.18 Å². The second kappa shape index (κ2) is 7.38. The van der Waals surface area contributed by atoms with E-state index in [9.17, 15) is 9.18 Å². The van der Waals surface area contributed by atoms with Gasteiger partial charge in [-0.05, 0) is 29.8 Å². The highest BCUT2D eigenvalue weighted by Crippen LogP contribution is 2.27. The highest BCUT2D eigenvalue weighted by molar-refractivity contribution is 5.83. The molecule has 1 N–H and O–H groups in total. The number of rotatable bonds is 6. The van der Waals surface area contributed by atoms with Crippen molar-refractivity contribution in [2.75, 3.05) is 13.2 Å². The van der Waals surface area contributed by atoms with Crippen molar-refractivity contribution in [3.63, 3.8) is 0 Å². The maximum atomic E-state index is 14.1. The van der Waals surface area contributed by atoms with E-state index in [1.165, 1.54) is 12.1 Å². The van der Waals surface area contributed by atoms with Gasteiger partial charge in [0.15, 0.2) is 0 Å². The number of hydrogen-bond donors (Lipinski definition) is 1. The Labute approximate surface area is 127 Å². The third-order valence-corrected chi connectivity index (χ3v) is 2.85. The average Bonchev–Trinajstić information content (AvgIpc) is 2.53. The number of aliphatic hydroxyl groups excluding tert-OH is 1. The van der Waals surface area contributed by atoms with Gasteiger partial charge < -0.3 is 14.6 Å². The third kappa shape index (κ3) is 3.93. The molecule has 2 aromatic rings. The van der Waals surface area contributed by atoms with E-state index >= 15 is 0 Å². The van der Waals surface area contributed by atoms with Crippen LogP contribution in [0.5, 0.6) is 11.5 Å². The molecule has 0 aliphatic carbocycles. The van der Waals surface area contributed by atoms with Crippen LogP contribution in [0.15, 0.2) is 55.1 Å². The quantitative estimate of drug-likeness (QED) is 0.506. The fourth-order valence-electron chi connectivity index (χ4n) is 1.85. The summed E-state index contributed by atoms with van der Waals surface area (Å²) in [6.45, 7) is 3.42. The molecule has 5 heteroatoms. The van der Waals surface area contributed by atoms with E-state index in [0.29, 0.717) is 16.9 Å². The van der Waals surface area contributed by atoms with Crippen molar-refractivity contribution in [1.82, 2.24) is 0 Å². The van der Waals surface area contributed by atoms with Crippen LogP contribution in [0.1, 0.15) is 0 Å². The Kier molecular flexibility index (Phi) is 5.27. The van der Waals surface area contributed by atoms with Crippen molar-refractivity contribution in [1.29, 1.82) is 0 Å². The molecule has 0 aliphatic rings. The van der Waals surface area contributed by atoms with Crippen LogP contribution in [0.2, 0.25) is 0 Å². The van der Waals surface area contributed by atoms with E-state index in [1.807, 2.05) is 0 Å². The minimum atomic E-state index is -0.641. The monoisotopic (exact) mass is 302 g/mol. The first-order chi connectivity index (χ1) is 10.6. The highest BCUT2D eigenvalue weighted by atomic mass is 19.1. The first-order valence-corrected chi connectivity index (χ1v) is 6.62. The largest absolute Gasteiger partial charge is 0.491 e. The summed E-state index contributed by atoms with van der Waals surface area (Å²) in [5.74, 6) is -0.431. The van der Waals surface area contributed by atoms with Crippen molar-refractivity contribution < 1.29 is 23.8 Å². The molecule has 0 atom stereocenters. The fourth-order valence-corrected chi connectivity index (χ4v) is 1.85. The van der Waals surface area contributed by atoms with E-state index in [1.54, 1.807) is 24.3 Å². The number of aliphatic hydroxyl groups is 1. The summed E-state index contributed by atoms with van der Waals surface area (Å²) in [4.78, 5) is 11.1. The van der Waals surface area contributed by atoms with Crippen LogP contribution in [0.25, 0.3) is 11.1 Å². The van der Waals surface area contributed by atoms with Crippen molar-refractivity contribution in [2.24, 2.45) is 0 Å². The van der Waals surface area contributed by atoms with Crippen LogP contribution in [0.4, 0.5) is 4.39 Å². The standard InChI is InChI=1S/C17H15FO4/c1-2-17(20)22-14-7-8-15(16(18)11-14)12-3-5-13(6-4-12)21-10-9-19/h2-8,11,19H,1,9-10H2. The van der Waals surface area contributed by atoms with Crippen molar-refractivity contribution in [3.8, 4) is 22.6 Å². The smallest absolute Gasteiger partial charge is 0.335 e. The van der Waals surface area contributed by atoms with E-state index in [4.69, 9.17) is 14.6 Å². The molecule has 114 valence electrons. The molecule has 0 heterocycles. The van der Waals surface area contributed by atoms with Crippen LogP contribution in [-0.4, -0.2) is 24.3 Å². The maximum Gasteiger partial charge on any atom is 0.335 e. The minimum Gasteiger partial charge on any atom is -0.491 e. The molecule has 0 bridgehead atoms. The predicted octanol–water partition coefficient (Wildman–Crippen LogP) is 2.96.